The Morgan fingerprint density at radius 3 is 2.74 bits per heavy atom. The Kier molecular flexibility index (Phi) is 4.09. The number of anilines is 2. The van der Waals surface area contributed by atoms with E-state index in [0.717, 1.165) is 17.7 Å². The predicted molar refractivity (Wildman–Crippen MR) is 91.9 cm³/mol. The van der Waals surface area contributed by atoms with Gasteiger partial charge in [-0.1, -0.05) is 15.9 Å². The van der Waals surface area contributed by atoms with E-state index in [4.69, 9.17) is 0 Å². The van der Waals surface area contributed by atoms with Gasteiger partial charge in [0.2, 0.25) is 5.91 Å². The zero-order chi connectivity index (χ0) is 16.6. The van der Waals surface area contributed by atoms with Crippen LogP contribution in [0.1, 0.15) is 22.8 Å². The molecule has 0 saturated heterocycles. The van der Waals surface area contributed by atoms with Gasteiger partial charge in [-0.15, -0.1) is 0 Å². The SMILES string of the molecule is CC(=O)N1CCc2cc(NC(=O)c3cc(Br)ccc3O)ccc21. The summed E-state index contributed by atoms with van der Waals surface area (Å²) in [7, 11) is 0. The molecule has 5 nitrogen and oxygen atoms in total. The average molecular weight is 375 g/mol. The smallest absolute Gasteiger partial charge is 0.259 e. The molecule has 0 aromatic heterocycles. The summed E-state index contributed by atoms with van der Waals surface area (Å²) in [6.07, 6.45) is 0.765. The van der Waals surface area contributed by atoms with E-state index in [1.54, 1.807) is 30.0 Å². The molecule has 2 N–H and O–H groups in total. The molecule has 0 spiro atoms. The molecule has 0 bridgehead atoms. The number of nitrogens with zero attached hydrogens (tertiary/aromatic N) is 1. The quantitative estimate of drug-likeness (QED) is 0.846. The number of aromatic hydroxyl groups is 1. The molecule has 2 aromatic rings. The molecule has 0 radical (unpaired) electrons. The van der Waals surface area contributed by atoms with Crippen LogP contribution < -0.4 is 10.2 Å². The minimum atomic E-state index is -0.384. The molecule has 0 fully saturated rings. The van der Waals surface area contributed by atoms with Crippen LogP contribution in [0.3, 0.4) is 0 Å². The van der Waals surface area contributed by atoms with Crippen molar-refractivity contribution in [3.8, 4) is 5.75 Å². The number of nitrogens with one attached hydrogen (secondary N) is 1. The maximum absolute atomic E-state index is 12.3. The first-order valence-corrected chi connectivity index (χ1v) is 7.96. The van der Waals surface area contributed by atoms with E-state index in [-0.39, 0.29) is 23.1 Å². The number of amides is 2. The summed E-state index contributed by atoms with van der Waals surface area (Å²) in [4.78, 5) is 25.6. The Morgan fingerprint density at radius 2 is 2.00 bits per heavy atom. The van der Waals surface area contributed by atoms with E-state index in [1.165, 1.54) is 6.07 Å². The highest BCUT2D eigenvalue weighted by Gasteiger charge is 2.22. The fraction of sp³-hybridized carbons (Fsp3) is 0.176. The average Bonchev–Trinajstić information content (AvgIpc) is 2.93. The van der Waals surface area contributed by atoms with Crippen LogP contribution in [0.25, 0.3) is 0 Å². The molecular weight excluding hydrogens is 360 g/mol. The minimum absolute atomic E-state index is 0.0135. The van der Waals surface area contributed by atoms with E-state index in [1.807, 2.05) is 12.1 Å². The second kappa shape index (κ2) is 6.04. The largest absolute Gasteiger partial charge is 0.507 e. The van der Waals surface area contributed by atoms with Gasteiger partial charge >= 0.3 is 0 Å². The van der Waals surface area contributed by atoms with E-state index in [2.05, 4.69) is 21.2 Å². The number of carbonyl (C=O) groups excluding carboxylic acids is 2. The van der Waals surface area contributed by atoms with Crippen molar-refractivity contribution in [1.29, 1.82) is 0 Å². The molecule has 0 atom stereocenters. The number of phenols is 1. The van der Waals surface area contributed by atoms with E-state index in [9.17, 15) is 14.7 Å². The summed E-state index contributed by atoms with van der Waals surface area (Å²) in [5, 5.41) is 12.6. The topological polar surface area (TPSA) is 69.6 Å². The van der Waals surface area contributed by atoms with Crippen molar-refractivity contribution in [2.24, 2.45) is 0 Å². The number of hydrogen-bond donors (Lipinski definition) is 2. The molecule has 1 aliphatic rings. The van der Waals surface area contributed by atoms with E-state index in [0.29, 0.717) is 16.7 Å². The molecular formula is C17H15BrN2O3. The van der Waals surface area contributed by atoms with Crippen molar-refractivity contribution >= 4 is 39.1 Å². The van der Waals surface area contributed by atoms with Crippen LogP contribution in [0.15, 0.2) is 40.9 Å². The van der Waals surface area contributed by atoms with Crippen molar-refractivity contribution < 1.29 is 14.7 Å². The Balaban J connectivity index is 1.83. The van der Waals surface area contributed by atoms with Gasteiger partial charge in [0.15, 0.2) is 0 Å². The molecule has 6 heteroatoms. The minimum Gasteiger partial charge on any atom is -0.507 e. The number of phenolic OH excluding ortho intramolecular Hbond substituents is 1. The van der Waals surface area contributed by atoms with Gasteiger partial charge in [-0.3, -0.25) is 9.59 Å². The van der Waals surface area contributed by atoms with E-state index < -0.39 is 0 Å². The lowest BCUT2D eigenvalue weighted by Crippen LogP contribution is -2.25. The number of benzene rings is 2. The van der Waals surface area contributed by atoms with Crippen LogP contribution in [0.2, 0.25) is 0 Å². The zero-order valence-electron chi connectivity index (χ0n) is 12.5. The van der Waals surface area contributed by atoms with Crippen LogP contribution >= 0.6 is 15.9 Å². The van der Waals surface area contributed by atoms with Crippen LogP contribution in [0, 0.1) is 0 Å². The first-order valence-electron chi connectivity index (χ1n) is 7.16. The summed E-state index contributed by atoms with van der Waals surface area (Å²) in [6.45, 7) is 2.20. The highest BCUT2D eigenvalue weighted by Crippen LogP contribution is 2.31. The number of hydrogen-bond acceptors (Lipinski definition) is 3. The summed E-state index contributed by atoms with van der Waals surface area (Å²) >= 11 is 3.28. The van der Waals surface area contributed by atoms with Crippen LogP contribution in [-0.4, -0.2) is 23.5 Å². The summed E-state index contributed by atoms with van der Waals surface area (Å²) in [6, 6.07) is 10.2. The summed E-state index contributed by atoms with van der Waals surface area (Å²) in [5.74, 6) is -0.445. The lowest BCUT2D eigenvalue weighted by molar-refractivity contribution is -0.116. The third-order valence-electron chi connectivity index (χ3n) is 3.82. The molecule has 2 aromatic carbocycles. The molecule has 118 valence electrons. The molecule has 0 saturated carbocycles. The fourth-order valence-electron chi connectivity index (χ4n) is 2.70. The third kappa shape index (κ3) is 3.07. The lowest BCUT2D eigenvalue weighted by Gasteiger charge is -2.15. The lowest BCUT2D eigenvalue weighted by atomic mass is 10.1. The maximum atomic E-state index is 12.3. The van der Waals surface area contributed by atoms with Crippen molar-refractivity contribution in [2.45, 2.75) is 13.3 Å². The van der Waals surface area contributed by atoms with Gasteiger partial charge in [0.25, 0.3) is 5.91 Å². The highest BCUT2D eigenvalue weighted by molar-refractivity contribution is 9.10. The Hall–Kier alpha value is -2.34. The Labute approximate surface area is 142 Å². The van der Waals surface area contributed by atoms with E-state index >= 15 is 0 Å². The second-order valence-electron chi connectivity index (χ2n) is 5.38. The standard InChI is InChI=1S/C17H15BrN2O3/c1-10(21)20-7-6-11-8-13(3-4-15(11)20)19-17(23)14-9-12(18)2-5-16(14)22/h2-5,8-9,22H,6-7H2,1H3,(H,19,23). The first-order chi connectivity index (χ1) is 11.0. The molecule has 3 rings (SSSR count). The highest BCUT2D eigenvalue weighted by atomic mass is 79.9. The predicted octanol–water partition coefficient (Wildman–Crippen LogP) is 3.32. The van der Waals surface area contributed by atoms with Crippen LogP contribution in [0.5, 0.6) is 5.75 Å². The number of halogens is 1. The molecule has 0 unspecified atom stereocenters. The molecule has 1 heterocycles. The van der Waals surface area contributed by atoms with Gasteiger partial charge in [-0.25, -0.2) is 0 Å². The Bertz CT molecular complexity index is 804. The van der Waals surface area contributed by atoms with Crippen molar-refractivity contribution in [3.05, 3.63) is 52.0 Å². The van der Waals surface area contributed by atoms with Crippen molar-refractivity contribution in [1.82, 2.24) is 0 Å². The summed E-state index contributed by atoms with van der Waals surface area (Å²) < 4.78 is 0.714. The van der Waals surface area contributed by atoms with Crippen molar-refractivity contribution in [2.75, 3.05) is 16.8 Å². The van der Waals surface area contributed by atoms with Gasteiger partial charge in [0.1, 0.15) is 5.75 Å². The third-order valence-corrected chi connectivity index (χ3v) is 4.31. The monoisotopic (exact) mass is 374 g/mol. The summed E-state index contributed by atoms with van der Waals surface area (Å²) in [5.41, 5.74) is 2.75. The molecule has 2 amide bonds. The first kappa shape index (κ1) is 15.6. The zero-order valence-corrected chi connectivity index (χ0v) is 14.1. The van der Waals surface area contributed by atoms with Crippen molar-refractivity contribution in [3.63, 3.8) is 0 Å². The fourth-order valence-corrected chi connectivity index (χ4v) is 3.06. The van der Waals surface area contributed by atoms with Crippen LogP contribution in [0.4, 0.5) is 11.4 Å². The number of fused-ring (bicyclic) bond motifs is 1. The second-order valence-corrected chi connectivity index (χ2v) is 6.30. The number of rotatable bonds is 2. The molecule has 23 heavy (non-hydrogen) atoms. The van der Waals surface area contributed by atoms with Gasteiger partial charge in [0.05, 0.1) is 5.56 Å². The van der Waals surface area contributed by atoms with Gasteiger partial charge in [-0.2, -0.15) is 0 Å². The number of carbonyl (C=O) groups is 2. The molecule has 0 aliphatic carbocycles. The molecule has 1 aliphatic heterocycles. The van der Waals surface area contributed by atoms with Crippen LogP contribution in [-0.2, 0) is 11.2 Å². The van der Waals surface area contributed by atoms with Gasteiger partial charge in [0, 0.05) is 29.3 Å². The van der Waals surface area contributed by atoms with Gasteiger partial charge < -0.3 is 15.3 Å². The maximum Gasteiger partial charge on any atom is 0.259 e. The van der Waals surface area contributed by atoms with Gasteiger partial charge in [-0.05, 0) is 48.4 Å². The normalized spacial score (nSPS) is 12.9. The Morgan fingerprint density at radius 1 is 1.22 bits per heavy atom.